The molecule has 3 rings (SSSR count). The summed E-state index contributed by atoms with van der Waals surface area (Å²) in [6.07, 6.45) is 3.31. The second-order valence-electron chi connectivity index (χ2n) is 5.86. The SMILES string of the molecule is C=CCN(CC(=O)Nc1ncc(C)s1)C(=O)c1ccc2ccccc2c1. The lowest BCUT2D eigenvalue weighted by Crippen LogP contribution is -2.38. The molecular formula is C20H19N3O2S. The van der Waals surface area contributed by atoms with E-state index in [1.807, 2.05) is 43.3 Å². The number of nitrogens with one attached hydrogen (secondary N) is 1. The molecule has 1 aromatic heterocycles. The summed E-state index contributed by atoms with van der Waals surface area (Å²) in [5.41, 5.74) is 0.545. The minimum atomic E-state index is -0.282. The minimum absolute atomic E-state index is 0.0592. The summed E-state index contributed by atoms with van der Waals surface area (Å²) in [4.78, 5) is 31.7. The van der Waals surface area contributed by atoms with Gasteiger partial charge >= 0.3 is 0 Å². The van der Waals surface area contributed by atoms with Crippen LogP contribution >= 0.6 is 11.3 Å². The number of carbonyl (C=O) groups excluding carboxylic acids is 2. The van der Waals surface area contributed by atoms with Crippen molar-refractivity contribution in [2.24, 2.45) is 0 Å². The van der Waals surface area contributed by atoms with Crippen molar-refractivity contribution in [3.05, 3.63) is 71.8 Å². The predicted octanol–water partition coefficient (Wildman–Crippen LogP) is 3.87. The molecule has 0 aliphatic rings. The average molecular weight is 365 g/mol. The van der Waals surface area contributed by atoms with Crippen LogP contribution in [-0.2, 0) is 4.79 Å². The van der Waals surface area contributed by atoms with Gasteiger partial charge in [-0.2, -0.15) is 0 Å². The molecule has 0 spiro atoms. The number of hydrogen-bond acceptors (Lipinski definition) is 4. The third-order valence-electron chi connectivity index (χ3n) is 3.84. The maximum atomic E-state index is 12.9. The first kappa shape index (κ1) is 17.8. The Hall–Kier alpha value is -2.99. The molecule has 2 aromatic carbocycles. The van der Waals surface area contributed by atoms with Crippen molar-refractivity contribution >= 4 is 39.1 Å². The molecule has 0 saturated carbocycles. The fraction of sp³-hybridized carbons (Fsp3) is 0.150. The average Bonchev–Trinajstić information content (AvgIpc) is 3.05. The third kappa shape index (κ3) is 4.15. The van der Waals surface area contributed by atoms with Crippen LogP contribution < -0.4 is 5.32 Å². The van der Waals surface area contributed by atoms with Crippen molar-refractivity contribution in [1.82, 2.24) is 9.88 Å². The van der Waals surface area contributed by atoms with Gasteiger partial charge in [-0.15, -0.1) is 17.9 Å². The summed E-state index contributed by atoms with van der Waals surface area (Å²) in [6.45, 7) is 5.83. The van der Waals surface area contributed by atoms with E-state index in [0.717, 1.165) is 15.6 Å². The van der Waals surface area contributed by atoms with Gasteiger partial charge in [0.25, 0.3) is 5.91 Å². The Balaban J connectivity index is 1.75. The number of amides is 2. The Morgan fingerprint density at radius 1 is 1.23 bits per heavy atom. The molecule has 0 atom stereocenters. The molecule has 0 unspecified atom stereocenters. The molecule has 0 radical (unpaired) electrons. The van der Waals surface area contributed by atoms with E-state index in [1.165, 1.54) is 16.2 Å². The highest BCUT2D eigenvalue weighted by atomic mass is 32.1. The Morgan fingerprint density at radius 3 is 2.69 bits per heavy atom. The van der Waals surface area contributed by atoms with Crippen LogP contribution in [0, 0.1) is 6.92 Å². The quantitative estimate of drug-likeness (QED) is 0.675. The Bertz CT molecular complexity index is 964. The molecule has 0 aliphatic heterocycles. The molecule has 1 heterocycles. The van der Waals surface area contributed by atoms with Crippen molar-refractivity contribution in [2.45, 2.75) is 6.92 Å². The van der Waals surface area contributed by atoms with Crippen molar-refractivity contribution in [3.63, 3.8) is 0 Å². The first-order valence-electron chi connectivity index (χ1n) is 8.18. The number of carbonyl (C=O) groups is 2. The summed E-state index contributed by atoms with van der Waals surface area (Å²) in [5.74, 6) is -0.489. The van der Waals surface area contributed by atoms with Gasteiger partial charge in [0.1, 0.15) is 6.54 Å². The minimum Gasteiger partial charge on any atom is -0.326 e. The molecule has 3 aromatic rings. The maximum absolute atomic E-state index is 12.9. The first-order valence-corrected chi connectivity index (χ1v) is 8.99. The fourth-order valence-electron chi connectivity index (χ4n) is 2.62. The highest BCUT2D eigenvalue weighted by molar-refractivity contribution is 7.15. The lowest BCUT2D eigenvalue weighted by Gasteiger charge is -2.20. The highest BCUT2D eigenvalue weighted by Crippen LogP contribution is 2.18. The number of anilines is 1. The zero-order valence-electron chi connectivity index (χ0n) is 14.4. The topological polar surface area (TPSA) is 62.3 Å². The lowest BCUT2D eigenvalue weighted by atomic mass is 10.1. The molecule has 0 aliphatic carbocycles. The number of fused-ring (bicyclic) bond motifs is 1. The molecule has 2 amide bonds. The van der Waals surface area contributed by atoms with Crippen LogP contribution in [0.2, 0.25) is 0 Å². The van der Waals surface area contributed by atoms with Crippen LogP contribution in [0.25, 0.3) is 10.8 Å². The first-order chi connectivity index (χ1) is 12.6. The summed E-state index contributed by atoms with van der Waals surface area (Å²) in [7, 11) is 0. The van der Waals surface area contributed by atoms with E-state index in [2.05, 4.69) is 16.9 Å². The van der Waals surface area contributed by atoms with E-state index in [9.17, 15) is 9.59 Å². The van der Waals surface area contributed by atoms with Gasteiger partial charge in [-0.3, -0.25) is 9.59 Å². The predicted molar refractivity (Wildman–Crippen MR) is 106 cm³/mol. The van der Waals surface area contributed by atoms with Crippen LogP contribution in [0.3, 0.4) is 0 Å². The van der Waals surface area contributed by atoms with Gasteiger partial charge in [0.15, 0.2) is 5.13 Å². The number of aryl methyl sites for hydroxylation is 1. The highest BCUT2D eigenvalue weighted by Gasteiger charge is 2.18. The third-order valence-corrected chi connectivity index (χ3v) is 4.66. The lowest BCUT2D eigenvalue weighted by molar-refractivity contribution is -0.116. The zero-order chi connectivity index (χ0) is 18.5. The molecule has 0 saturated heterocycles. The molecule has 0 fully saturated rings. The number of nitrogens with zero attached hydrogens (tertiary/aromatic N) is 2. The van der Waals surface area contributed by atoms with Crippen molar-refractivity contribution in [3.8, 4) is 0 Å². The van der Waals surface area contributed by atoms with Crippen LogP contribution in [-0.4, -0.2) is 34.8 Å². The van der Waals surface area contributed by atoms with E-state index < -0.39 is 0 Å². The molecule has 6 heteroatoms. The van der Waals surface area contributed by atoms with Gasteiger partial charge in [0, 0.05) is 23.2 Å². The summed E-state index contributed by atoms with van der Waals surface area (Å²) in [6, 6.07) is 13.4. The number of hydrogen-bond donors (Lipinski definition) is 1. The van der Waals surface area contributed by atoms with Crippen LogP contribution in [0.5, 0.6) is 0 Å². The zero-order valence-corrected chi connectivity index (χ0v) is 15.3. The number of benzene rings is 2. The van der Waals surface area contributed by atoms with Gasteiger partial charge in [-0.25, -0.2) is 4.98 Å². The van der Waals surface area contributed by atoms with Crippen molar-refractivity contribution < 1.29 is 9.59 Å². The van der Waals surface area contributed by atoms with Gasteiger partial charge in [-0.05, 0) is 29.8 Å². The Labute approximate surface area is 156 Å². The molecular weight excluding hydrogens is 346 g/mol. The standard InChI is InChI=1S/C20H19N3O2S/c1-3-10-23(13-18(24)22-20-21-12-14(2)26-20)19(25)17-9-8-15-6-4-5-7-16(15)11-17/h3-9,11-12H,1,10,13H2,2H3,(H,21,22,24). The Kier molecular flexibility index (Phi) is 5.43. The van der Waals surface area contributed by atoms with Crippen LogP contribution in [0.15, 0.2) is 61.3 Å². The number of thiazole rings is 1. The van der Waals surface area contributed by atoms with E-state index in [-0.39, 0.29) is 24.9 Å². The monoisotopic (exact) mass is 365 g/mol. The van der Waals surface area contributed by atoms with Gasteiger partial charge in [0.05, 0.1) is 0 Å². The second kappa shape index (κ2) is 7.93. The summed E-state index contributed by atoms with van der Waals surface area (Å²) >= 11 is 1.40. The van der Waals surface area contributed by atoms with E-state index in [4.69, 9.17) is 0 Å². The van der Waals surface area contributed by atoms with Gasteiger partial charge in [-0.1, -0.05) is 36.4 Å². The molecule has 0 bridgehead atoms. The number of rotatable bonds is 6. The summed E-state index contributed by atoms with van der Waals surface area (Å²) in [5, 5.41) is 5.31. The van der Waals surface area contributed by atoms with Crippen LogP contribution in [0.1, 0.15) is 15.2 Å². The van der Waals surface area contributed by atoms with E-state index in [0.29, 0.717) is 10.7 Å². The normalized spacial score (nSPS) is 10.5. The largest absolute Gasteiger partial charge is 0.326 e. The van der Waals surface area contributed by atoms with Crippen molar-refractivity contribution in [1.29, 1.82) is 0 Å². The maximum Gasteiger partial charge on any atom is 0.254 e. The van der Waals surface area contributed by atoms with Gasteiger partial charge in [0.2, 0.25) is 5.91 Å². The Morgan fingerprint density at radius 2 is 2.00 bits per heavy atom. The van der Waals surface area contributed by atoms with Gasteiger partial charge < -0.3 is 10.2 Å². The van der Waals surface area contributed by atoms with E-state index in [1.54, 1.807) is 18.3 Å². The molecule has 26 heavy (non-hydrogen) atoms. The summed E-state index contributed by atoms with van der Waals surface area (Å²) < 4.78 is 0. The molecule has 5 nitrogen and oxygen atoms in total. The van der Waals surface area contributed by atoms with E-state index >= 15 is 0 Å². The molecule has 1 N–H and O–H groups in total. The fourth-order valence-corrected chi connectivity index (χ4v) is 3.31. The van der Waals surface area contributed by atoms with Crippen LogP contribution in [0.4, 0.5) is 5.13 Å². The smallest absolute Gasteiger partial charge is 0.254 e. The van der Waals surface area contributed by atoms with Crippen molar-refractivity contribution in [2.75, 3.05) is 18.4 Å². The number of aromatic nitrogens is 1. The second-order valence-corrected chi connectivity index (χ2v) is 7.10. The molecule has 132 valence electrons.